The molecular weight excluding hydrogens is 569 g/mol. The molecule has 3 rings (SSSR count). The second kappa shape index (κ2) is 12.1. The Labute approximate surface area is 240 Å². The van der Waals surface area contributed by atoms with Gasteiger partial charge >= 0.3 is 5.97 Å². The third-order valence-corrected chi connectivity index (χ3v) is 12.6. The van der Waals surface area contributed by atoms with Crippen molar-refractivity contribution in [3.63, 3.8) is 0 Å². The summed E-state index contributed by atoms with van der Waals surface area (Å²) in [6, 6.07) is 11.3. The number of carbonyl (C=O) groups excluding carboxylic acids is 2. The van der Waals surface area contributed by atoms with E-state index in [1.807, 2.05) is 20.9 Å². The smallest absolute Gasteiger partial charge is 0.330 e. The van der Waals surface area contributed by atoms with E-state index in [0.29, 0.717) is 0 Å². The molecule has 0 saturated heterocycles. The first-order valence-electron chi connectivity index (χ1n) is 12.3. The molecular formula is C27H34N5O7PS. The van der Waals surface area contributed by atoms with Gasteiger partial charge in [-0.1, -0.05) is 17.7 Å². The summed E-state index contributed by atoms with van der Waals surface area (Å²) in [6.07, 6.45) is 2.48. The van der Waals surface area contributed by atoms with Crippen LogP contribution in [0.3, 0.4) is 0 Å². The molecule has 41 heavy (non-hydrogen) atoms. The Morgan fingerprint density at radius 2 is 1.46 bits per heavy atom. The van der Waals surface area contributed by atoms with E-state index < -0.39 is 34.2 Å². The fraction of sp³-hybridized carbons (Fsp3) is 0.296. The van der Waals surface area contributed by atoms with Crippen LogP contribution in [0.2, 0.25) is 0 Å². The molecule has 0 unspecified atom stereocenters. The van der Waals surface area contributed by atoms with Crippen molar-refractivity contribution in [1.82, 2.24) is 18.3 Å². The SMILES string of the molecule is COC(=O)/C=C/C1=C(c2ccc([N+](=O)[O-])cc2)N(S(=O)(=O)c2ccc(C)cc2)C(=O)C1=P(N(C)C)(N(C)C)N(C)C. The monoisotopic (exact) mass is 603 g/mol. The Morgan fingerprint density at radius 1 is 0.951 bits per heavy atom. The molecule has 0 bridgehead atoms. The van der Waals surface area contributed by atoms with E-state index in [-0.39, 0.29) is 32.7 Å². The molecule has 0 fully saturated rings. The van der Waals surface area contributed by atoms with E-state index in [2.05, 4.69) is 0 Å². The number of sulfonamides is 1. The molecule has 12 nitrogen and oxygen atoms in total. The highest BCUT2D eigenvalue weighted by Gasteiger charge is 2.49. The summed E-state index contributed by atoms with van der Waals surface area (Å²) in [5.41, 5.74) is 0.993. The number of amides is 1. The number of non-ortho nitro benzene ring substituents is 1. The molecule has 0 atom stereocenters. The van der Waals surface area contributed by atoms with Crippen molar-refractivity contribution < 1.29 is 27.7 Å². The number of nitro groups is 1. The van der Waals surface area contributed by atoms with Gasteiger partial charge in [-0.15, -0.1) is 0 Å². The van der Waals surface area contributed by atoms with Crippen LogP contribution in [0.1, 0.15) is 11.1 Å². The van der Waals surface area contributed by atoms with Crippen molar-refractivity contribution >= 4 is 45.9 Å². The zero-order chi connectivity index (χ0) is 30.9. The molecule has 2 aromatic carbocycles. The molecule has 1 aliphatic heterocycles. The standard InChI is InChI=1S/C27H34N5O7PS/c1-19-9-15-22(16-10-19)41(37,38)31-25(20-11-13-21(14-12-20)32(35)36)23(17-18-24(33)39-8)26(27(31)34)40(28(2)3,29(4)5)30(6)7/h9-18H,1-8H3/b18-17+. The van der Waals surface area contributed by atoms with Crippen molar-refractivity contribution in [2.75, 3.05) is 49.4 Å². The van der Waals surface area contributed by atoms with Crippen LogP contribution in [-0.4, -0.2) is 98.2 Å². The molecule has 0 N–H and O–H groups in total. The summed E-state index contributed by atoms with van der Waals surface area (Å²) >= 11 is 0. The summed E-state index contributed by atoms with van der Waals surface area (Å²) < 4.78 is 39.6. The largest absolute Gasteiger partial charge is 0.466 e. The Balaban J connectivity index is 2.61. The highest BCUT2D eigenvalue weighted by molar-refractivity contribution is 7.90. The lowest BCUT2D eigenvalue weighted by Gasteiger charge is -2.44. The van der Waals surface area contributed by atoms with E-state index in [4.69, 9.17) is 4.74 Å². The Bertz CT molecular complexity index is 1560. The van der Waals surface area contributed by atoms with Crippen LogP contribution in [0.25, 0.3) is 5.70 Å². The number of aryl methyl sites for hydroxylation is 1. The van der Waals surface area contributed by atoms with Crippen LogP contribution in [0, 0.1) is 17.0 Å². The number of allylic oxidation sites excluding steroid dienone is 1. The maximum atomic E-state index is 14.6. The van der Waals surface area contributed by atoms with E-state index in [1.165, 1.54) is 49.6 Å². The number of nitrogens with zero attached hydrogens (tertiary/aromatic N) is 5. The van der Waals surface area contributed by atoms with E-state index >= 15 is 0 Å². The minimum Gasteiger partial charge on any atom is -0.466 e. The van der Waals surface area contributed by atoms with E-state index in [0.717, 1.165) is 15.9 Å². The highest BCUT2D eigenvalue weighted by Crippen LogP contribution is 2.58. The number of nitro benzene ring substituents is 1. The first-order chi connectivity index (χ1) is 19.1. The Kier molecular flexibility index (Phi) is 9.41. The lowest BCUT2D eigenvalue weighted by molar-refractivity contribution is -0.384. The van der Waals surface area contributed by atoms with Crippen LogP contribution >= 0.6 is 7.34 Å². The van der Waals surface area contributed by atoms with Crippen molar-refractivity contribution in [2.24, 2.45) is 0 Å². The zero-order valence-electron chi connectivity index (χ0n) is 24.2. The van der Waals surface area contributed by atoms with Crippen molar-refractivity contribution in [2.45, 2.75) is 11.8 Å². The lowest BCUT2D eigenvalue weighted by Crippen LogP contribution is -2.40. The van der Waals surface area contributed by atoms with Crippen molar-refractivity contribution in [3.8, 4) is 0 Å². The third-order valence-electron chi connectivity index (χ3n) is 6.57. The summed E-state index contributed by atoms with van der Waals surface area (Å²) in [5, 5.41) is 11.5. The maximum Gasteiger partial charge on any atom is 0.330 e. The van der Waals surface area contributed by atoms with Crippen LogP contribution in [0.5, 0.6) is 0 Å². The van der Waals surface area contributed by atoms with Crippen molar-refractivity contribution in [1.29, 1.82) is 0 Å². The van der Waals surface area contributed by atoms with Crippen LogP contribution in [0.4, 0.5) is 5.69 Å². The minimum atomic E-state index is -4.49. The molecule has 1 amide bonds. The molecule has 14 heteroatoms. The number of esters is 1. The predicted molar refractivity (Wildman–Crippen MR) is 159 cm³/mol. The summed E-state index contributed by atoms with van der Waals surface area (Å²) in [7, 11) is 4.51. The molecule has 0 aromatic heterocycles. The quantitative estimate of drug-likeness (QED) is 0.138. The molecule has 1 aliphatic rings. The van der Waals surface area contributed by atoms with Gasteiger partial charge in [0.15, 0.2) is 0 Å². The number of benzene rings is 2. The lowest BCUT2D eigenvalue weighted by atomic mass is 10.1. The normalized spacial score (nSPS) is 14.8. The third kappa shape index (κ3) is 5.64. The predicted octanol–water partition coefficient (Wildman–Crippen LogP) is 3.19. The van der Waals surface area contributed by atoms with Gasteiger partial charge in [0.2, 0.25) is 0 Å². The van der Waals surface area contributed by atoms with Gasteiger partial charge in [-0.3, -0.25) is 28.9 Å². The molecule has 0 spiro atoms. The van der Waals surface area contributed by atoms with Gasteiger partial charge in [0.25, 0.3) is 21.6 Å². The van der Waals surface area contributed by atoms with Gasteiger partial charge in [0.05, 0.1) is 35.3 Å². The first-order valence-corrected chi connectivity index (χ1v) is 15.4. The van der Waals surface area contributed by atoms with Gasteiger partial charge in [-0.25, -0.2) is 13.2 Å². The van der Waals surface area contributed by atoms with Gasteiger partial charge in [-0.05, 0) is 79.6 Å². The molecule has 1 heterocycles. The number of methoxy groups -OCH3 is 1. The molecule has 220 valence electrons. The fourth-order valence-electron chi connectivity index (χ4n) is 4.93. The minimum absolute atomic E-state index is 0.0319. The van der Waals surface area contributed by atoms with E-state index in [9.17, 15) is 28.1 Å². The first kappa shape index (κ1) is 31.9. The second-order valence-electron chi connectivity index (χ2n) is 9.77. The zero-order valence-corrected chi connectivity index (χ0v) is 25.9. The van der Waals surface area contributed by atoms with E-state index in [1.54, 1.807) is 54.4 Å². The topological polar surface area (TPSA) is 134 Å². The number of carbonyl (C=O) groups is 2. The summed E-state index contributed by atoms with van der Waals surface area (Å²) in [5.74, 6) is -1.51. The average Bonchev–Trinajstić information content (AvgIpc) is 3.20. The maximum absolute atomic E-state index is 14.6. The number of ether oxygens (including phenoxy) is 1. The van der Waals surface area contributed by atoms with Crippen LogP contribution in [0.15, 0.2) is 71.2 Å². The van der Waals surface area contributed by atoms with Crippen LogP contribution < -0.4 is 0 Å². The Morgan fingerprint density at radius 3 is 1.90 bits per heavy atom. The molecule has 0 saturated carbocycles. The second-order valence-corrected chi connectivity index (χ2v) is 15.5. The van der Waals surface area contributed by atoms with Gasteiger partial charge in [0, 0.05) is 29.3 Å². The molecule has 0 aliphatic carbocycles. The van der Waals surface area contributed by atoms with Crippen LogP contribution in [-0.2, 0) is 24.3 Å². The highest BCUT2D eigenvalue weighted by atomic mass is 32.2. The van der Waals surface area contributed by atoms with Gasteiger partial charge in [0.1, 0.15) is 0 Å². The summed E-state index contributed by atoms with van der Waals surface area (Å²) in [6.45, 7) is 1.81. The van der Waals surface area contributed by atoms with Gasteiger partial charge < -0.3 is 4.74 Å². The summed E-state index contributed by atoms with van der Waals surface area (Å²) in [4.78, 5) is 37.5. The molecule has 2 aromatic rings. The molecule has 0 radical (unpaired) electrons. The number of hydrogen-bond donors (Lipinski definition) is 0. The van der Waals surface area contributed by atoms with Gasteiger partial charge in [-0.2, -0.15) is 4.31 Å². The average molecular weight is 604 g/mol. The number of hydrogen-bond acceptors (Lipinski definition) is 10. The fourth-order valence-corrected chi connectivity index (χ4v) is 10.7. The van der Waals surface area contributed by atoms with Crippen molar-refractivity contribution in [3.05, 3.63) is 87.5 Å². The number of rotatable bonds is 9. The Hall–Kier alpha value is -3.61.